The van der Waals surface area contributed by atoms with Crippen molar-refractivity contribution in [1.29, 1.82) is 0 Å². The lowest BCUT2D eigenvalue weighted by Crippen LogP contribution is -2.42. The van der Waals surface area contributed by atoms with E-state index in [2.05, 4.69) is 26.9 Å². The van der Waals surface area contributed by atoms with E-state index in [-0.39, 0.29) is 0 Å². The highest BCUT2D eigenvalue weighted by Gasteiger charge is 2.17. The Labute approximate surface area is 172 Å². The Morgan fingerprint density at radius 2 is 2.07 bits per heavy atom. The van der Waals surface area contributed by atoms with Gasteiger partial charge in [0.05, 0.1) is 20.3 Å². The first kappa shape index (κ1) is 19.9. The van der Waals surface area contributed by atoms with Crippen molar-refractivity contribution in [3.63, 3.8) is 0 Å². The average molecular weight is 396 g/mol. The van der Waals surface area contributed by atoms with Gasteiger partial charge in [-0.05, 0) is 41.5 Å². The van der Waals surface area contributed by atoms with Crippen LogP contribution in [0.15, 0.2) is 48.3 Å². The molecule has 154 valence electrons. The summed E-state index contributed by atoms with van der Waals surface area (Å²) in [6, 6.07) is 10.1. The minimum Gasteiger partial charge on any atom is -0.497 e. The molecule has 2 aliphatic heterocycles. The second-order valence-electron chi connectivity index (χ2n) is 7.52. The van der Waals surface area contributed by atoms with E-state index in [0.29, 0.717) is 6.61 Å². The number of fused-ring (bicyclic) bond motifs is 1. The van der Waals surface area contributed by atoms with Crippen molar-refractivity contribution in [1.82, 2.24) is 14.8 Å². The summed E-state index contributed by atoms with van der Waals surface area (Å²) < 4.78 is 16.8. The molecule has 1 saturated heterocycles. The topological polar surface area (TPSA) is 47.1 Å². The third-order valence-corrected chi connectivity index (χ3v) is 5.38. The van der Waals surface area contributed by atoms with Gasteiger partial charge < -0.3 is 14.2 Å². The van der Waals surface area contributed by atoms with Gasteiger partial charge in [0.15, 0.2) is 0 Å². The average Bonchev–Trinajstić information content (AvgIpc) is 2.78. The number of rotatable bonds is 8. The maximum absolute atomic E-state index is 5.99. The molecule has 29 heavy (non-hydrogen) atoms. The number of pyridine rings is 1. The van der Waals surface area contributed by atoms with E-state index in [4.69, 9.17) is 14.2 Å². The van der Waals surface area contributed by atoms with Gasteiger partial charge in [-0.2, -0.15) is 0 Å². The monoisotopic (exact) mass is 395 g/mol. The van der Waals surface area contributed by atoms with Crippen LogP contribution in [0.1, 0.15) is 11.1 Å². The Balaban J connectivity index is 1.45. The Bertz CT molecular complexity index is 819. The first-order chi connectivity index (χ1) is 14.3. The number of hydrogen-bond acceptors (Lipinski definition) is 6. The predicted molar refractivity (Wildman–Crippen MR) is 113 cm³/mol. The molecule has 0 unspecified atom stereocenters. The van der Waals surface area contributed by atoms with Gasteiger partial charge in [0.1, 0.15) is 18.1 Å². The maximum Gasteiger partial charge on any atom is 0.127 e. The van der Waals surface area contributed by atoms with Crippen molar-refractivity contribution in [3.8, 4) is 11.5 Å². The fourth-order valence-electron chi connectivity index (χ4n) is 3.78. The van der Waals surface area contributed by atoms with Gasteiger partial charge in [-0.25, -0.2) is 0 Å². The number of nitrogens with zero attached hydrogens (tertiary/aromatic N) is 3. The Morgan fingerprint density at radius 1 is 1.17 bits per heavy atom. The van der Waals surface area contributed by atoms with Gasteiger partial charge in [0, 0.05) is 57.2 Å². The van der Waals surface area contributed by atoms with Crippen molar-refractivity contribution >= 4 is 6.08 Å². The lowest BCUT2D eigenvalue weighted by Gasteiger charge is -2.31. The molecule has 6 heteroatoms. The highest BCUT2D eigenvalue weighted by atomic mass is 16.5. The van der Waals surface area contributed by atoms with Crippen molar-refractivity contribution in [2.24, 2.45) is 0 Å². The van der Waals surface area contributed by atoms with E-state index in [1.54, 1.807) is 7.11 Å². The minimum absolute atomic E-state index is 0.625. The Kier molecular flexibility index (Phi) is 6.77. The van der Waals surface area contributed by atoms with E-state index < -0.39 is 0 Å². The fraction of sp³-hybridized carbons (Fsp3) is 0.435. The first-order valence-electron chi connectivity index (χ1n) is 10.2. The SMILES string of the molecule is COc1ccc2c(c1)C=C(CN(CCN1CCOCC1)Cc1cccnc1)CO2. The molecule has 0 aliphatic carbocycles. The summed E-state index contributed by atoms with van der Waals surface area (Å²) in [6.07, 6.45) is 6.02. The first-order valence-corrected chi connectivity index (χ1v) is 10.2. The third kappa shape index (κ3) is 5.56. The molecule has 4 rings (SSSR count). The molecule has 1 aromatic carbocycles. The summed E-state index contributed by atoms with van der Waals surface area (Å²) in [5.41, 5.74) is 3.59. The van der Waals surface area contributed by atoms with Crippen LogP contribution in [-0.4, -0.2) is 74.4 Å². The molecule has 1 aromatic heterocycles. The zero-order valence-corrected chi connectivity index (χ0v) is 17.0. The summed E-state index contributed by atoms with van der Waals surface area (Å²) in [4.78, 5) is 9.23. The number of methoxy groups -OCH3 is 1. The molecule has 0 spiro atoms. The van der Waals surface area contributed by atoms with Gasteiger partial charge in [0.2, 0.25) is 0 Å². The third-order valence-electron chi connectivity index (χ3n) is 5.38. The molecule has 2 aromatic rings. The van der Waals surface area contributed by atoms with Gasteiger partial charge in [-0.15, -0.1) is 0 Å². The zero-order valence-electron chi connectivity index (χ0n) is 17.0. The predicted octanol–water partition coefficient (Wildman–Crippen LogP) is 2.70. The smallest absolute Gasteiger partial charge is 0.127 e. The number of benzene rings is 1. The van der Waals surface area contributed by atoms with Crippen molar-refractivity contribution in [3.05, 3.63) is 59.4 Å². The molecule has 3 heterocycles. The van der Waals surface area contributed by atoms with Crippen LogP contribution < -0.4 is 9.47 Å². The molecule has 2 aliphatic rings. The summed E-state index contributed by atoms with van der Waals surface area (Å²) in [7, 11) is 1.69. The van der Waals surface area contributed by atoms with Crippen molar-refractivity contribution in [2.45, 2.75) is 6.54 Å². The number of ether oxygens (including phenoxy) is 3. The summed E-state index contributed by atoms with van der Waals surface area (Å²) >= 11 is 0. The maximum atomic E-state index is 5.99. The largest absolute Gasteiger partial charge is 0.497 e. The van der Waals surface area contributed by atoms with Crippen molar-refractivity contribution < 1.29 is 14.2 Å². The molecule has 0 saturated carbocycles. The Morgan fingerprint density at radius 3 is 2.86 bits per heavy atom. The second kappa shape index (κ2) is 9.87. The lowest BCUT2D eigenvalue weighted by molar-refractivity contribution is 0.0333. The standard InChI is InChI=1S/C23H29N3O3/c1-27-22-4-5-23-21(14-22)13-20(18-29-23)17-26(16-19-3-2-6-24-15-19)8-7-25-9-11-28-12-10-25/h2-6,13-15H,7-12,16-18H2,1H3. The highest BCUT2D eigenvalue weighted by Crippen LogP contribution is 2.30. The molecular weight excluding hydrogens is 366 g/mol. The number of aromatic nitrogens is 1. The normalized spacial score (nSPS) is 16.8. The highest BCUT2D eigenvalue weighted by molar-refractivity contribution is 5.64. The minimum atomic E-state index is 0.625. The second-order valence-corrected chi connectivity index (χ2v) is 7.52. The molecule has 0 amide bonds. The molecular formula is C23H29N3O3. The van der Waals surface area contributed by atoms with Gasteiger partial charge in [-0.1, -0.05) is 6.07 Å². The molecule has 0 radical (unpaired) electrons. The summed E-state index contributed by atoms with van der Waals surface area (Å²) in [5, 5.41) is 0. The summed E-state index contributed by atoms with van der Waals surface area (Å²) in [6.45, 7) is 8.11. The van der Waals surface area contributed by atoms with Crippen LogP contribution in [0, 0.1) is 0 Å². The van der Waals surface area contributed by atoms with E-state index in [1.165, 1.54) is 11.1 Å². The van der Waals surface area contributed by atoms with Crippen LogP contribution in [0.3, 0.4) is 0 Å². The van der Waals surface area contributed by atoms with Crippen LogP contribution in [0.25, 0.3) is 6.08 Å². The molecule has 0 atom stereocenters. The summed E-state index contributed by atoms with van der Waals surface area (Å²) in [5.74, 6) is 1.77. The lowest BCUT2D eigenvalue weighted by atomic mass is 10.1. The Hall–Kier alpha value is -2.41. The van der Waals surface area contributed by atoms with E-state index in [1.807, 2.05) is 36.7 Å². The zero-order chi connectivity index (χ0) is 19.9. The van der Waals surface area contributed by atoms with Crippen LogP contribution in [0.5, 0.6) is 11.5 Å². The number of morpholine rings is 1. The van der Waals surface area contributed by atoms with Crippen LogP contribution in [-0.2, 0) is 11.3 Å². The van der Waals surface area contributed by atoms with Gasteiger partial charge in [-0.3, -0.25) is 14.8 Å². The van der Waals surface area contributed by atoms with Gasteiger partial charge >= 0.3 is 0 Å². The van der Waals surface area contributed by atoms with E-state index in [9.17, 15) is 0 Å². The molecule has 6 nitrogen and oxygen atoms in total. The van der Waals surface area contributed by atoms with Crippen LogP contribution in [0.2, 0.25) is 0 Å². The quantitative estimate of drug-likeness (QED) is 0.685. The fourth-order valence-corrected chi connectivity index (χ4v) is 3.78. The van der Waals surface area contributed by atoms with E-state index >= 15 is 0 Å². The van der Waals surface area contributed by atoms with E-state index in [0.717, 1.165) is 69.5 Å². The van der Waals surface area contributed by atoms with Crippen molar-refractivity contribution in [2.75, 3.05) is 59.7 Å². The number of hydrogen-bond donors (Lipinski definition) is 0. The molecule has 0 bridgehead atoms. The molecule has 0 N–H and O–H groups in total. The van der Waals surface area contributed by atoms with Gasteiger partial charge in [0.25, 0.3) is 0 Å². The molecule has 1 fully saturated rings. The van der Waals surface area contributed by atoms with Crippen LogP contribution in [0.4, 0.5) is 0 Å². The van der Waals surface area contributed by atoms with Crippen LogP contribution >= 0.6 is 0 Å².